The Morgan fingerprint density at radius 3 is 2.57 bits per heavy atom. The molecule has 8 heteroatoms. The van der Waals surface area contributed by atoms with Crippen molar-refractivity contribution in [2.24, 2.45) is 0 Å². The highest BCUT2D eigenvalue weighted by Crippen LogP contribution is 2.35. The number of thiazole rings is 2. The quantitative estimate of drug-likeness (QED) is 0.743. The minimum absolute atomic E-state index is 0.333. The summed E-state index contributed by atoms with van der Waals surface area (Å²) in [5.41, 5.74) is 1.20. The van der Waals surface area contributed by atoms with Crippen LogP contribution in [-0.2, 0) is 0 Å². The van der Waals surface area contributed by atoms with Gasteiger partial charge in [0.1, 0.15) is 22.1 Å². The number of nitrogens with zero attached hydrogens (tertiary/aromatic N) is 2. The Bertz CT molecular complexity index is 894. The van der Waals surface area contributed by atoms with Crippen LogP contribution in [-0.4, -0.2) is 26.2 Å². The number of carboxylic acids is 1. The molecule has 0 bridgehead atoms. The van der Waals surface area contributed by atoms with Crippen molar-refractivity contribution >= 4 is 28.6 Å². The molecule has 118 valence electrons. The zero-order valence-corrected chi connectivity index (χ0v) is 13.8. The maximum atomic E-state index is 13.9. The van der Waals surface area contributed by atoms with Crippen LogP contribution in [0.3, 0.4) is 0 Å². The van der Waals surface area contributed by atoms with Crippen LogP contribution in [0.25, 0.3) is 21.1 Å². The number of aromatic hydroxyl groups is 1. The van der Waals surface area contributed by atoms with Gasteiger partial charge in [-0.1, -0.05) is 0 Å². The molecule has 2 N–H and O–H groups in total. The minimum atomic E-state index is -1.51. The summed E-state index contributed by atoms with van der Waals surface area (Å²) in [7, 11) is 0. The molecule has 2 aromatic heterocycles. The summed E-state index contributed by atoms with van der Waals surface area (Å²) in [5, 5.41) is 21.9. The fraction of sp³-hybridized carbons (Fsp3) is 0.133. The predicted octanol–water partition coefficient (Wildman–Crippen LogP) is 4.09. The Kier molecular flexibility index (Phi) is 3.87. The van der Waals surface area contributed by atoms with E-state index >= 15 is 0 Å². The smallest absolute Gasteiger partial charge is 0.342 e. The number of rotatable bonds is 3. The number of halogens is 1. The van der Waals surface area contributed by atoms with Crippen molar-refractivity contribution < 1.29 is 19.4 Å². The van der Waals surface area contributed by atoms with E-state index in [2.05, 4.69) is 9.97 Å². The number of carboxylic acid groups (broad SMARTS) is 1. The molecule has 0 unspecified atom stereocenters. The zero-order valence-electron chi connectivity index (χ0n) is 12.1. The maximum Gasteiger partial charge on any atom is 0.342 e. The molecule has 0 saturated carbocycles. The average molecular weight is 350 g/mol. The van der Waals surface area contributed by atoms with E-state index in [1.807, 2.05) is 19.2 Å². The van der Waals surface area contributed by atoms with Crippen molar-refractivity contribution in [1.82, 2.24) is 9.97 Å². The summed E-state index contributed by atoms with van der Waals surface area (Å²) in [4.78, 5) is 20.6. The lowest BCUT2D eigenvalue weighted by Crippen LogP contribution is -2.01. The molecule has 23 heavy (non-hydrogen) atoms. The molecule has 0 saturated heterocycles. The van der Waals surface area contributed by atoms with Crippen molar-refractivity contribution in [2.45, 2.75) is 13.8 Å². The highest BCUT2D eigenvalue weighted by atomic mass is 32.1. The molecule has 0 radical (unpaired) electrons. The van der Waals surface area contributed by atoms with Gasteiger partial charge in [0, 0.05) is 10.9 Å². The Morgan fingerprint density at radius 1 is 1.26 bits per heavy atom. The minimum Gasteiger partial charge on any atom is -0.507 e. The molecule has 0 aliphatic heterocycles. The van der Waals surface area contributed by atoms with Gasteiger partial charge in [-0.2, -0.15) is 0 Å². The second-order valence-corrected chi connectivity index (χ2v) is 6.90. The van der Waals surface area contributed by atoms with Gasteiger partial charge < -0.3 is 10.2 Å². The second-order valence-electron chi connectivity index (χ2n) is 4.84. The van der Waals surface area contributed by atoms with Crippen LogP contribution in [0.2, 0.25) is 0 Å². The van der Waals surface area contributed by atoms with Gasteiger partial charge in [0.25, 0.3) is 0 Å². The van der Waals surface area contributed by atoms with E-state index in [0.29, 0.717) is 10.6 Å². The third kappa shape index (κ3) is 2.82. The Balaban J connectivity index is 2.04. The van der Waals surface area contributed by atoms with E-state index < -0.39 is 23.1 Å². The molecule has 5 nitrogen and oxygen atoms in total. The molecule has 0 fully saturated rings. The van der Waals surface area contributed by atoms with Crippen LogP contribution >= 0.6 is 22.7 Å². The summed E-state index contributed by atoms with van der Waals surface area (Å²) in [6, 6.07) is 2.27. The summed E-state index contributed by atoms with van der Waals surface area (Å²) in [6.07, 6.45) is 0. The van der Waals surface area contributed by atoms with Crippen LogP contribution in [0.5, 0.6) is 5.75 Å². The summed E-state index contributed by atoms with van der Waals surface area (Å²) in [5.74, 6) is -3.12. The molecule has 0 spiro atoms. The fourth-order valence-corrected chi connectivity index (χ4v) is 3.96. The van der Waals surface area contributed by atoms with E-state index in [-0.39, 0.29) is 0 Å². The molecule has 1 aromatic carbocycles. The van der Waals surface area contributed by atoms with Gasteiger partial charge in [0.15, 0.2) is 0 Å². The van der Waals surface area contributed by atoms with E-state index in [1.54, 1.807) is 0 Å². The average Bonchev–Trinajstić information content (AvgIpc) is 3.03. The lowest BCUT2D eigenvalue weighted by molar-refractivity contribution is 0.0688. The lowest BCUT2D eigenvalue weighted by atomic mass is 10.1. The van der Waals surface area contributed by atoms with Crippen LogP contribution in [0.15, 0.2) is 17.5 Å². The number of hydrogen-bond acceptors (Lipinski definition) is 6. The SMILES string of the molecule is Cc1nc(C)c(-c2csc(-c3cc(O)c(C(=O)O)c(F)c3)n2)s1. The summed E-state index contributed by atoms with van der Waals surface area (Å²) >= 11 is 2.81. The van der Waals surface area contributed by atoms with Gasteiger partial charge in [-0.3, -0.25) is 0 Å². The van der Waals surface area contributed by atoms with E-state index in [4.69, 9.17) is 5.11 Å². The molecule has 0 aliphatic rings. The van der Waals surface area contributed by atoms with Crippen LogP contribution in [0.4, 0.5) is 4.39 Å². The first-order valence-electron chi connectivity index (χ1n) is 6.53. The zero-order chi connectivity index (χ0) is 16.7. The van der Waals surface area contributed by atoms with Crippen molar-refractivity contribution in [3.8, 4) is 26.9 Å². The number of carbonyl (C=O) groups is 1. The van der Waals surface area contributed by atoms with Crippen molar-refractivity contribution in [1.29, 1.82) is 0 Å². The first-order chi connectivity index (χ1) is 10.9. The van der Waals surface area contributed by atoms with Crippen molar-refractivity contribution in [3.63, 3.8) is 0 Å². The van der Waals surface area contributed by atoms with E-state index in [1.165, 1.54) is 28.7 Å². The predicted molar refractivity (Wildman–Crippen MR) is 86.7 cm³/mol. The van der Waals surface area contributed by atoms with Gasteiger partial charge in [-0.05, 0) is 26.0 Å². The molecule has 0 atom stereocenters. The van der Waals surface area contributed by atoms with Gasteiger partial charge in [0.05, 0.1) is 21.3 Å². The van der Waals surface area contributed by atoms with Gasteiger partial charge in [0.2, 0.25) is 0 Å². The largest absolute Gasteiger partial charge is 0.507 e. The van der Waals surface area contributed by atoms with Gasteiger partial charge >= 0.3 is 5.97 Å². The molecule has 3 aromatic rings. The van der Waals surface area contributed by atoms with Crippen LogP contribution in [0, 0.1) is 19.7 Å². The van der Waals surface area contributed by atoms with E-state index in [0.717, 1.165) is 27.3 Å². The van der Waals surface area contributed by atoms with Crippen LogP contribution in [0.1, 0.15) is 21.1 Å². The third-order valence-corrected chi connectivity index (χ3v) is 5.16. The Hall–Kier alpha value is -2.32. The number of aromatic nitrogens is 2. The maximum absolute atomic E-state index is 13.9. The number of hydrogen-bond donors (Lipinski definition) is 2. The molecule has 0 amide bonds. The van der Waals surface area contributed by atoms with Crippen molar-refractivity contribution in [3.05, 3.63) is 39.6 Å². The van der Waals surface area contributed by atoms with Crippen molar-refractivity contribution in [2.75, 3.05) is 0 Å². The molecule has 3 rings (SSSR count). The van der Waals surface area contributed by atoms with Gasteiger partial charge in [-0.15, -0.1) is 22.7 Å². The topological polar surface area (TPSA) is 83.3 Å². The second kappa shape index (κ2) is 5.71. The van der Waals surface area contributed by atoms with E-state index in [9.17, 15) is 14.3 Å². The number of aryl methyl sites for hydroxylation is 2. The first kappa shape index (κ1) is 15.6. The molecular weight excluding hydrogens is 339 g/mol. The summed E-state index contributed by atoms with van der Waals surface area (Å²) < 4.78 is 13.9. The Labute approximate surface area is 138 Å². The normalized spacial score (nSPS) is 10.9. The number of phenols is 1. The monoisotopic (exact) mass is 350 g/mol. The third-order valence-electron chi connectivity index (χ3n) is 3.17. The Morgan fingerprint density at radius 2 is 2.00 bits per heavy atom. The summed E-state index contributed by atoms with van der Waals surface area (Å²) in [6.45, 7) is 3.80. The fourth-order valence-electron chi connectivity index (χ4n) is 2.21. The molecule has 0 aliphatic carbocycles. The first-order valence-corrected chi connectivity index (χ1v) is 8.22. The lowest BCUT2D eigenvalue weighted by Gasteiger charge is -2.04. The standard InChI is InChI=1S/C15H11FN2O3S2/c1-6-13(23-7(2)17-6)10-5-22-14(18-10)8-3-9(16)12(15(20)21)11(19)4-8/h3-5,19H,1-2H3,(H,20,21). The number of benzene rings is 1. The highest BCUT2D eigenvalue weighted by Gasteiger charge is 2.19. The molecular formula is C15H11FN2O3S2. The number of aromatic carboxylic acids is 1. The highest BCUT2D eigenvalue weighted by molar-refractivity contribution is 7.16. The molecule has 2 heterocycles. The van der Waals surface area contributed by atoms with Gasteiger partial charge in [-0.25, -0.2) is 19.2 Å². The van der Waals surface area contributed by atoms with Crippen LogP contribution < -0.4 is 0 Å².